The lowest BCUT2D eigenvalue weighted by Crippen LogP contribution is -2.46. The van der Waals surface area contributed by atoms with E-state index in [0.29, 0.717) is 13.2 Å². The fraction of sp³-hybridized carbons (Fsp3) is 0.533. The Morgan fingerprint density at radius 3 is 2.37 bits per heavy atom. The highest BCUT2D eigenvalue weighted by Crippen LogP contribution is 2.13. The van der Waals surface area contributed by atoms with Crippen LogP contribution in [-0.4, -0.2) is 62.0 Å². The zero-order chi connectivity index (χ0) is 13.7. The van der Waals surface area contributed by atoms with Crippen LogP contribution in [0.5, 0.6) is 5.75 Å². The Balaban J connectivity index is 1.88. The Morgan fingerprint density at radius 1 is 1.16 bits per heavy atom. The second-order valence-corrected chi connectivity index (χ2v) is 4.96. The molecule has 1 saturated heterocycles. The number of likely N-dealkylation sites (N-methyl/N-ethyl adjacent to an activating group) is 1. The monoisotopic (exact) mass is 262 g/mol. The van der Waals surface area contributed by atoms with Gasteiger partial charge in [-0.1, -0.05) is 0 Å². The van der Waals surface area contributed by atoms with Crippen molar-refractivity contribution in [1.29, 1.82) is 0 Å². The first-order chi connectivity index (χ1) is 9.19. The molecule has 0 aliphatic carbocycles. The van der Waals surface area contributed by atoms with E-state index in [4.69, 9.17) is 4.74 Å². The molecule has 1 aliphatic rings. The third kappa shape index (κ3) is 4.04. The smallest absolute Gasteiger partial charge is 0.176 e. The molecule has 0 radical (unpaired) electrons. The predicted octanol–water partition coefficient (Wildman–Crippen LogP) is 1.52. The van der Waals surface area contributed by atoms with Gasteiger partial charge in [-0.05, 0) is 38.2 Å². The molecule has 1 aliphatic heterocycles. The lowest BCUT2D eigenvalue weighted by Gasteiger charge is -2.31. The molecule has 4 heteroatoms. The first-order valence-corrected chi connectivity index (χ1v) is 6.86. The van der Waals surface area contributed by atoms with Gasteiger partial charge in [0.05, 0.1) is 13.2 Å². The summed E-state index contributed by atoms with van der Waals surface area (Å²) in [5, 5.41) is 0. The van der Waals surface area contributed by atoms with Crippen molar-refractivity contribution in [3.63, 3.8) is 0 Å². The van der Waals surface area contributed by atoms with Gasteiger partial charge in [0, 0.05) is 31.7 Å². The maximum absolute atomic E-state index is 12.2. The summed E-state index contributed by atoms with van der Waals surface area (Å²) in [6, 6.07) is 7.42. The maximum atomic E-state index is 12.2. The van der Waals surface area contributed by atoms with E-state index in [9.17, 15) is 4.79 Å². The van der Waals surface area contributed by atoms with Gasteiger partial charge in [-0.3, -0.25) is 9.69 Å². The molecule has 1 aromatic rings. The normalized spacial score (nSPS) is 17.4. The van der Waals surface area contributed by atoms with E-state index in [1.54, 1.807) is 0 Å². The Labute approximate surface area is 115 Å². The minimum absolute atomic E-state index is 0.188. The van der Waals surface area contributed by atoms with E-state index in [0.717, 1.165) is 37.5 Å². The molecule has 0 aromatic heterocycles. The number of piperazine rings is 1. The first kappa shape index (κ1) is 14.0. The van der Waals surface area contributed by atoms with E-state index in [1.807, 2.05) is 31.2 Å². The van der Waals surface area contributed by atoms with Crippen LogP contribution in [0.15, 0.2) is 24.3 Å². The van der Waals surface area contributed by atoms with Gasteiger partial charge >= 0.3 is 0 Å². The highest BCUT2D eigenvalue weighted by Gasteiger charge is 2.17. The number of Topliss-reactive ketones (excluding diaryl/α,β-unsaturated/α-hetero) is 1. The summed E-state index contributed by atoms with van der Waals surface area (Å²) in [6.07, 6.45) is 0. The van der Waals surface area contributed by atoms with Crippen LogP contribution in [-0.2, 0) is 0 Å². The number of carbonyl (C=O) groups excluding carboxylic acids is 1. The number of carbonyl (C=O) groups is 1. The van der Waals surface area contributed by atoms with Gasteiger partial charge in [-0.25, -0.2) is 0 Å². The van der Waals surface area contributed by atoms with E-state index in [-0.39, 0.29) is 5.78 Å². The number of rotatable bonds is 5. The van der Waals surface area contributed by atoms with E-state index < -0.39 is 0 Å². The molecule has 1 aromatic carbocycles. The maximum Gasteiger partial charge on any atom is 0.176 e. The summed E-state index contributed by atoms with van der Waals surface area (Å²) in [5.41, 5.74) is 0.766. The van der Waals surface area contributed by atoms with Crippen LogP contribution >= 0.6 is 0 Å². The van der Waals surface area contributed by atoms with Crippen molar-refractivity contribution in [2.24, 2.45) is 0 Å². The summed E-state index contributed by atoms with van der Waals surface area (Å²) in [6.45, 7) is 7.13. The van der Waals surface area contributed by atoms with Gasteiger partial charge in [-0.2, -0.15) is 0 Å². The zero-order valence-corrected chi connectivity index (χ0v) is 11.8. The van der Waals surface area contributed by atoms with Crippen LogP contribution in [0.1, 0.15) is 17.3 Å². The van der Waals surface area contributed by atoms with Crippen LogP contribution in [0.4, 0.5) is 0 Å². The second-order valence-electron chi connectivity index (χ2n) is 4.96. The van der Waals surface area contributed by atoms with Gasteiger partial charge in [0.1, 0.15) is 5.75 Å². The molecule has 1 heterocycles. The molecule has 0 bridgehead atoms. The Hall–Kier alpha value is -1.39. The van der Waals surface area contributed by atoms with Crippen LogP contribution in [0.3, 0.4) is 0 Å². The van der Waals surface area contributed by atoms with Gasteiger partial charge < -0.3 is 9.64 Å². The van der Waals surface area contributed by atoms with Gasteiger partial charge in [0.15, 0.2) is 5.78 Å². The molecule has 104 valence electrons. The molecule has 0 spiro atoms. The van der Waals surface area contributed by atoms with Crippen LogP contribution in [0.25, 0.3) is 0 Å². The molecule has 0 atom stereocenters. The number of ketones is 1. The molecule has 1 fully saturated rings. The lowest BCUT2D eigenvalue weighted by molar-refractivity contribution is 0.0876. The minimum atomic E-state index is 0.188. The van der Waals surface area contributed by atoms with Crippen molar-refractivity contribution in [3.05, 3.63) is 29.8 Å². The van der Waals surface area contributed by atoms with Crippen LogP contribution < -0.4 is 4.74 Å². The van der Waals surface area contributed by atoms with Crippen molar-refractivity contribution >= 4 is 5.78 Å². The van der Waals surface area contributed by atoms with Gasteiger partial charge in [0.2, 0.25) is 0 Å². The molecule has 0 unspecified atom stereocenters. The summed E-state index contributed by atoms with van der Waals surface area (Å²) in [5.74, 6) is 1.01. The van der Waals surface area contributed by atoms with Crippen molar-refractivity contribution in [2.75, 3.05) is 46.4 Å². The minimum Gasteiger partial charge on any atom is -0.494 e. The standard InChI is InChI=1S/C15H22N2O2/c1-3-19-14-6-4-13(5-7-14)15(18)12-17-10-8-16(2)9-11-17/h4-7H,3,8-12H2,1-2H3. The number of hydrogen-bond acceptors (Lipinski definition) is 4. The number of hydrogen-bond donors (Lipinski definition) is 0. The van der Waals surface area contributed by atoms with Crippen molar-refractivity contribution in [3.8, 4) is 5.75 Å². The SMILES string of the molecule is CCOc1ccc(C(=O)CN2CCN(C)CC2)cc1. The molecule has 2 rings (SSSR count). The average molecular weight is 262 g/mol. The molecule has 19 heavy (non-hydrogen) atoms. The number of nitrogens with zero attached hydrogens (tertiary/aromatic N) is 2. The summed E-state index contributed by atoms with van der Waals surface area (Å²) in [4.78, 5) is 16.7. The summed E-state index contributed by atoms with van der Waals surface area (Å²) < 4.78 is 5.38. The van der Waals surface area contributed by atoms with Crippen LogP contribution in [0.2, 0.25) is 0 Å². The number of ether oxygens (including phenoxy) is 1. The predicted molar refractivity (Wildman–Crippen MR) is 75.9 cm³/mol. The van der Waals surface area contributed by atoms with E-state index in [2.05, 4.69) is 16.8 Å². The summed E-state index contributed by atoms with van der Waals surface area (Å²) in [7, 11) is 2.12. The summed E-state index contributed by atoms with van der Waals surface area (Å²) >= 11 is 0. The Bertz CT molecular complexity index is 409. The molecule has 0 N–H and O–H groups in total. The fourth-order valence-corrected chi connectivity index (χ4v) is 2.20. The van der Waals surface area contributed by atoms with Crippen molar-refractivity contribution < 1.29 is 9.53 Å². The van der Waals surface area contributed by atoms with Crippen molar-refractivity contribution in [1.82, 2.24) is 9.80 Å². The first-order valence-electron chi connectivity index (χ1n) is 6.86. The third-order valence-electron chi connectivity index (χ3n) is 3.45. The molecule has 0 amide bonds. The molecule has 4 nitrogen and oxygen atoms in total. The lowest BCUT2D eigenvalue weighted by atomic mass is 10.1. The van der Waals surface area contributed by atoms with Gasteiger partial charge in [0.25, 0.3) is 0 Å². The zero-order valence-electron chi connectivity index (χ0n) is 11.8. The Kier molecular flexibility index (Phi) is 4.93. The molecular formula is C15H22N2O2. The number of benzene rings is 1. The topological polar surface area (TPSA) is 32.8 Å². The fourth-order valence-electron chi connectivity index (χ4n) is 2.20. The van der Waals surface area contributed by atoms with Gasteiger partial charge in [-0.15, -0.1) is 0 Å². The second kappa shape index (κ2) is 6.68. The quantitative estimate of drug-likeness (QED) is 0.753. The van der Waals surface area contributed by atoms with E-state index in [1.165, 1.54) is 0 Å². The Morgan fingerprint density at radius 2 is 1.79 bits per heavy atom. The van der Waals surface area contributed by atoms with Crippen LogP contribution in [0, 0.1) is 0 Å². The van der Waals surface area contributed by atoms with Crippen molar-refractivity contribution in [2.45, 2.75) is 6.92 Å². The van der Waals surface area contributed by atoms with E-state index >= 15 is 0 Å². The molecule has 0 saturated carbocycles. The highest BCUT2D eigenvalue weighted by molar-refractivity contribution is 5.97. The third-order valence-corrected chi connectivity index (χ3v) is 3.45. The average Bonchev–Trinajstić information content (AvgIpc) is 2.42. The highest BCUT2D eigenvalue weighted by atomic mass is 16.5. The largest absolute Gasteiger partial charge is 0.494 e. The molecular weight excluding hydrogens is 240 g/mol.